The minimum absolute atomic E-state index is 0.276. The van der Waals surface area contributed by atoms with E-state index in [2.05, 4.69) is 5.32 Å². The smallest absolute Gasteiger partial charge is 0.259 e. The Morgan fingerprint density at radius 2 is 1.95 bits per heavy atom. The second kappa shape index (κ2) is 4.76. The first kappa shape index (κ1) is 13.1. The summed E-state index contributed by atoms with van der Waals surface area (Å²) in [6.07, 6.45) is 0. The number of phenols is 1. The lowest BCUT2D eigenvalue weighted by molar-refractivity contribution is 0.102. The highest BCUT2D eigenvalue weighted by atomic mass is 19.1. The molecule has 1 amide bonds. The maximum absolute atomic E-state index is 13.2. The Bertz CT molecular complexity index is 646. The number of amides is 1. The van der Waals surface area contributed by atoms with Gasteiger partial charge in [-0.3, -0.25) is 4.79 Å². The Labute approximate surface area is 109 Å². The Hall–Kier alpha value is -2.30. The van der Waals surface area contributed by atoms with Crippen LogP contribution in [0.4, 0.5) is 10.1 Å². The van der Waals surface area contributed by atoms with Gasteiger partial charge in [0, 0.05) is 17.3 Å². The molecular weight excluding hydrogens is 249 g/mol. The van der Waals surface area contributed by atoms with E-state index in [4.69, 9.17) is 9.52 Å². The number of phenolic OH excluding ortho intramolecular Hbond substituents is 1. The minimum atomic E-state index is -0.783. The van der Waals surface area contributed by atoms with E-state index in [9.17, 15) is 9.18 Å². The van der Waals surface area contributed by atoms with Crippen LogP contribution in [0.5, 0.6) is 5.75 Å². The number of carbonyl (C=O) groups excluding carboxylic acids is 1. The predicted octanol–water partition coefficient (Wildman–Crippen LogP) is 3.30. The molecule has 0 aliphatic heterocycles. The van der Waals surface area contributed by atoms with Gasteiger partial charge in [0.1, 0.15) is 11.5 Å². The van der Waals surface area contributed by atoms with Crippen molar-refractivity contribution in [2.24, 2.45) is 0 Å². The summed E-state index contributed by atoms with van der Waals surface area (Å²) in [5, 5.41) is 11.7. The number of furan rings is 1. The number of aryl methyl sites for hydroxylation is 2. The molecule has 0 radical (unpaired) electrons. The van der Waals surface area contributed by atoms with E-state index >= 15 is 0 Å². The quantitative estimate of drug-likeness (QED) is 0.817. The standard InChI is InChI=1S/C14H14FNO3/c1-7-8(2)19-9(3)13(7)14(18)16-10-4-5-12(17)11(15)6-10/h4-6,17H,1-3H3,(H,16,18). The second-order valence-electron chi connectivity index (χ2n) is 4.33. The maximum Gasteiger partial charge on any atom is 0.259 e. The van der Waals surface area contributed by atoms with Crippen LogP contribution in [0.25, 0.3) is 0 Å². The summed E-state index contributed by atoms with van der Waals surface area (Å²) in [5.74, 6) is -0.401. The third-order valence-electron chi connectivity index (χ3n) is 2.99. The predicted molar refractivity (Wildman–Crippen MR) is 68.9 cm³/mol. The number of benzene rings is 1. The normalized spacial score (nSPS) is 10.5. The Kier molecular flexibility index (Phi) is 3.29. The molecule has 0 bridgehead atoms. The fraction of sp³-hybridized carbons (Fsp3) is 0.214. The number of rotatable bonds is 2. The van der Waals surface area contributed by atoms with Crippen molar-refractivity contribution in [2.45, 2.75) is 20.8 Å². The van der Waals surface area contributed by atoms with E-state index in [1.165, 1.54) is 12.1 Å². The number of hydrogen-bond acceptors (Lipinski definition) is 3. The van der Waals surface area contributed by atoms with Gasteiger partial charge in [-0.15, -0.1) is 0 Å². The molecule has 100 valence electrons. The summed E-state index contributed by atoms with van der Waals surface area (Å²) in [7, 11) is 0. The lowest BCUT2D eigenvalue weighted by Gasteiger charge is -2.06. The molecule has 0 unspecified atom stereocenters. The molecule has 1 aromatic carbocycles. The Balaban J connectivity index is 2.28. The number of carbonyl (C=O) groups is 1. The first-order chi connectivity index (χ1) is 8.90. The molecule has 4 nitrogen and oxygen atoms in total. The molecule has 2 rings (SSSR count). The molecule has 1 heterocycles. The fourth-order valence-corrected chi connectivity index (χ4v) is 1.91. The zero-order valence-electron chi connectivity index (χ0n) is 10.9. The molecule has 0 saturated heterocycles. The van der Waals surface area contributed by atoms with Gasteiger partial charge in [0.25, 0.3) is 5.91 Å². The first-order valence-electron chi connectivity index (χ1n) is 5.76. The van der Waals surface area contributed by atoms with Crippen LogP contribution in [-0.4, -0.2) is 11.0 Å². The molecule has 0 spiro atoms. The van der Waals surface area contributed by atoms with E-state index in [1.54, 1.807) is 20.8 Å². The van der Waals surface area contributed by atoms with Crippen molar-refractivity contribution in [1.29, 1.82) is 0 Å². The van der Waals surface area contributed by atoms with Crippen molar-refractivity contribution in [1.82, 2.24) is 0 Å². The number of aromatic hydroxyl groups is 1. The summed E-state index contributed by atoms with van der Waals surface area (Å²) in [6, 6.07) is 3.67. The highest BCUT2D eigenvalue weighted by molar-refractivity contribution is 6.06. The van der Waals surface area contributed by atoms with Crippen LogP contribution >= 0.6 is 0 Å². The summed E-state index contributed by atoms with van der Waals surface area (Å²) >= 11 is 0. The topological polar surface area (TPSA) is 62.5 Å². The largest absolute Gasteiger partial charge is 0.505 e. The van der Waals surface area contributed by atoms with Crippen LogP contribution in [0.2, 0.25) is 0 Å². The van der Waals surface area contributed by atoms with Crippen LogP contribution in [0, 0.1) is 26.6 Å². The van der Waals surface area contributed by atoms with Crippen molar-refractivity contribution < 1.29 is 18.7 Å². The molecule has 2 N–H and O–H groups in total. The molecule has 0 fully saturated rings. The second-order valence-corrected chi connectivity index (χ2v) is 4.33. The van der Waals surface area contributed by atoms with Gasteiger partial charge in [-0.1, -0.05) is 0 Å². The summed E-state index contributed by atoms with van der Waals surface area (Å²) in [5.41, 5.74) is 1.48. The van der Waals surface area contributed by atoms with E-state index in [0.717, 1.165) is 11.6 Å². The zero-order valence-corrected chi connectivity index (χ0v) is 10.9. The van der Waals surface area contributed by atoms with Crippen LogP contribution in [-0.2, 0) is 0 Å². The summed E-state index contributed by atoms with van der Waals surface area (Å²) in [4.78, 5) is 12.1. The highest BCUT2D eigenvalue weighted by Crippen LogP contribution is 2.23. The van der Waals surface area contributed by atoms with Gasteiger partial charge in [-0.05, 0) is 32.9 Å². The molecule has 2 aromatic rings. The fourth-order valence-electron chi connectivity index (χ4n) is 1.91. The Morgan fingerprint density at radius 1 is 1.26 bits per heavy atom. The van der Waals surface area contributed by atoms with Crippen molar-refractivity contribution in [3.63, 3.8) is 0 Å². The molecule has 0 atom stereocenters. The van der Waals surface area contributed by atoms with E-state index < -0.39 is 11.6 Å². The molecule has 0 aliphatic rings. The van der Waals surface area contributed by atoms with Crippen LogP contribution < -0.4 is 5.32 Å². The average molecular weight is 263 g/mol. The molecule has 0 saturated carbocycles. The van der Waals surface area contributed by atoms with Gasteiger partial charge in [-0.2, -0.15) is 0 Å². The highest BCUT2D eigenvalue weighted by Gasteiger charge is 2.18. The monoisotopic (exact) mass is 263 g/mol. The van der Waals surface area contributed by atoms with Crippen LogP contribution in [0.15, 0.2) is 22.6 Å². The SMILES string of the molecule is Cc1oc(C)c(C(=O)Nc2ccc(O)c(F)c2)c1C. The zero-order chi connectivity index (χ0) is 14.2. The van der Waals surface area contributed by atoms with E-state index in [-0.39, 0.29) is 11.6 Å². The van der Waals surface area contributed by atoms with Crippen LogP contribution in [0.3, 0.4) is 0 Å². The summed E-state index contributed by atoms with van der Waals surface area (Å²) in [6.45, 7) is 5.27. The third kappa shape index (κ3) is 2.45. The van der Waals surface area contributed by atoms with Crippen molar-refractivity contribution in [3.8, 4) is 5.75 Å². The van der Waals surface area contributed by atoms with E-state index in [1.807, 2.05) is 0 Å². The average Bonchev–Trinajstić information content (AvgIpc) is 2.58. The lowest BCUT2D eigenvalue weighted by Crippen LogP contribution is -2.13. The van der Waals surface area contributed by atoms with E-state index in [0.29, 0.717) is 17.1 Å². The number of hydrogen-bond donors (Lipinski definition) is 2. The lowest BCUT2D eigenvalue weighted by atomic mass is 10.1. The number of halogens is 1. The van der Waals surface area contributed by atoms with Gasteiger partial charge in [0.2, 0.25) is 0 Å². The van der Waals surface area contributed by atoms with Gasteiger partial charge >= 0.3 is 0 Å². The van der Waals surface area contributed by atoms with Crippen molar-refractivity contribution >= 4 is 11.6 Å². The van der Waals surface area contributed by atoms with Gasteiger partial charge in [-0.25, -0.2) is 4.39 Å². The van der Waals surface area contributed by atoms with Crippen LogP contribution in [0.1, 0.15) is 27.4 Å². The maximum atomic E-state index is 13.2. The minimum Gasteiger partial charge on any atom is -0.505 e. The van der Waals surface area contributed by atoms with Crippen molar-refractivity contribution in [3.05, 3.63) is 46.7 Å². The van der Waals surface area contributed by atoms with Gasteiger partial charge in [0.05, 0.1) is 5.56 Å². The van der Waals surface area contributed by atoms with Gasteiger partial charge < -0.3 is 14.8 Å². The van der Waals surface area contributed by atoms with Gasteiger partial charge in [0.15, 0.2) is 11.6 Å². The summed E-state index contributed by atoms with van der Waals surface area (Å²) < 4.78 is 18.5. The third-order valence-corrected chi connectivity index (χ3v) is 2.99. The van der Waals surface area contributed by atoms with Crippen molar-refractivity contribution in [2.75, 3.05) is 5.32 Å². The number of nitrogens with one attached hydrogen (secondary N) is 1. The first-order valence-corrected chi connectivity index (χ1v) is 5.76. The molecule has 0 aliphatic carbocycles. The number of anilines is 1. The molecule has 19 heavy (non-hydrogen) atoms. The Morgan fingerprint density at radius 3 is 2.47 bits per heavy atom. The molecular formula is C14H14FNO3. The molecule has 1 aromatic heterocycles. The molecule has 5 heteroatoms.